The van der Waals surface area contributed by atoms with Crippen LogP contribution in [0.3, 0.4) is 0 Å². The van der Waals surface area contributed by atoms with Crippen molar-refractivity contribution in [3.8, 4) is 0 Å². The van der Waals surface area contributed by atoms with Gasteiger partial charge in [-0.05, 0) is 42.9 Å². The quantitative estimate of drug-likeness (QED) is 0.394. The van der Waals surface area contributed by atoms with Crippen LogP contribution in [0, 0.1) is 41.4 Å². The average molecular weight is 499 g/mol. The summed E-state index contributed by atoms with van der Waals surface area (Å²) in [4.78, 5) is 0. The summed E-state index contributed by atoms with van der Waals surface area (Å²) in [7, 11) is 1.72. The minimum atomic E-state index is -0.279. The first-order valence-electron chi connectivity index (χ1n) is 14.4. The number of ether oxygens (including phenoxy) is 6. The van der Waals surface area contributed by atoms with Crippen molar-refractivity contribution < 1.29 is 28.4 Å². The Balaban J connectivity index is 1.72. The second-order valence-electron chi connectivity index (χ2n) is 11.8. The third-order valence-corrected chi connectivity index (χ3v) is 9.91. The first-order chi connectivity index (χ1) is 16.6. The molecule has 3 aliphatic rings. The van der Waals surface area contributed by atoms with Crippen molar-refractivity contribution in [1.29, 1.82) is 0 Å². The van der Waals surface area contributed by atoms with E-state index >= 15 is 0 Å². The van der Waals surface area contributed by atoms with Gasteiger partial charge in [-0.15, -0.1) is 0 Å². The molecule has 0 spiro atoms. The molecule has 0 aliphatic carbocycles. The molecule has 6 heteroatoms. The largest absolute Gasteiger partial charge is 0.356 e. The predicted octanol–water partition coefficient (Wildman–Crippen LogP) is 6.26. The fourth-order valence-electron chi connectivity index (χ4n) is 6.44. The summed E-state index contributed by atoms with van der Waals surface area (Å²) in [5.74, 6) is 2.49. The molecule has 3 rings (SSSR count). The molecule has 15 atom stereocenters. The van der Waals surface area contributed by atoms with E-state index in [1.165, 1.54) is 0 Å². The Hall–Kier alpha value is -0.240. The van der Waals surface area contributed by atoms with E-state index in [1.54, 1.807) is 7.11 Å². The lowest BCUT2D eigenvalue weighted by Gasteiger charge is -2.51. The van der Waals surface area contributed by atoms with Crippen LogP contribution in [-0.4, -0.2) is 56.5 Å². The number of rotatable bonds is 8. The predicted molar refractivity (Wildman–Crippen MR) is 138 cm³/mol. The maximum absolute atomic E-state index is 6.78. The molecule has 3 saturated heterocycles. The van der Waals surface area contributed by atoms with Gasteiger partial charge in [0, 0.05) is 24.9 Å². The van der Waals surface area contributed by atoms with Crippen molar-refractivity contribution in [2.24, 2.45) is 41.4 Å². The molecule has 3 fully saturated rings. The normalized spacial score (nSPS) is 51.3. The van der Waals surface area contributed by atoms with E-state index in [-0.39, 0.29) is 67.1 Å². The molecular formula is C29H54O6. The Morgan fingerprint density at radius 1 is 0.457 bits per heavy atom. The van der Waals surface area contributed by atoms with E-state index in [2.05, 4.69) is 69.2 Å². The van der Waals surface area contributed by atoms with Crippen LogP contribution in [-0.2, 0) is 28.4 Å². The van der Waals surface area contributed by atoms with Crippen molar-refractivity contribution in [1.82, 2.24) is 0 Å². The van der Waals surface area contributed by atoms with Gasteiger partial charge in [0.15, 0.2) is 18.9 Å². The third-order valence-electron chi connectivity index (χ3n) is 9.91. The molecule has 7 unspecified atom stereocenters. The van der Waals surface area contributed by atoms with Crippen LogP contribution in [0.4, 0.5) is 0 Å². The van der Waals surface area contributed by atoms with Crippen molar-refractivity contribution >= 4 is 0 Å². The SMILES string of the molecule is CCC1OC(OC)C(C)[C@@H](C)[C@@H]1O[C@@H]1OC(CC)[C@H](O[C@H]2OC(CC)[C@H](C)[C@H](C)C2C)[C@H](C)C1C. The second kappa shape index (κ2) is 12.5. The molecule has 6 nitrogen and oxygen atoms in total. The molecule has 3 heterocycles. The lowest BCUT2D eigenvalue weighted by molar-refractivity contribution is -0.347. The molecule has 206 valence electrons. The average Bonchev–Trinajstić information content (AvgIpc) is 2.86. The third kappa shape index (κ3) is 5.93. The Bertz CT molecular complexity index is 639. The highest BCUT2D eigenvalue weighted by Gasteiger charge is 2.49. The standard InChI is InChI=1S/C29H54O6/c1-12-22-16(5)15(4)19(8)28(31-22)34-26-18(7)21(10)29(33-24(26)14-3)35-25-17(6)20(9)27(30-11)32-23(25)13-2/h15-29H,12-14H2,1-11H3/t15-,16+,17+,18+,19?,20?,21?,22?,23?,24?,25-,26+,27?,28+,29-/m0/s1. The van der Waals surface area contributed by atoms with E-state index in [0.717, 1.165) is 19.3 Å². The van der Waals surface area contributed by atoms with Crippen LogP contribution in [0.2, 0.25) is 0 Å². The van der Waals surface area contributed by atoms with Gasteiger partial charge in [0.2, 0.25) is 0 Å². The van der Waals surface area contributed by atoms with Crippen LogP contribution in [0.25, 0.3) is 0 Å². The van der Waals surface area contributed by atoms with Gasteiger partial charge < -0.3 is 28.4 Å². The van der Waals surface area contributed by atoms with Crippen LogP contribution < -0.4 is 0 Å². The molecule has 0 N–H and O–H groups in total. The topological polar surface area (TPSA) is 55.4 Å². The zero-order chi connectivity index (χ0) is 26.0. The molecule has 0 radical (unpaired) electrons. The number of methoxy groups -OCH3 is 1. The zero-order valence-electron chi connectivity index (χ0n) is 24.2. The molecule has 35 heavy (non-hydrogen) atoms. The van der Waals surface area contributed by atoms with E-state index in [1.807, 2.05) is 0 Å². The fraction of sp³-hybridized carbons (Fsp3) is 1.00. The molecule has 0 amide bonds. The highest BCUT2D eigenvalue weighted by Crippen LogP contribution is 2.42. The molecule has 0 aromatic heterocycles. The Labute approximate surface area is 215 Å². The van der Waals surface area contributed by atoms with Crippen LogP contribution in [0.1, 0.15) is 88.5 Å². The fourth-order valence-corrected chi connectivity index (χ4v) is 6.44. The van der Waals surface area contributed by atoms with Gasteiger partial charge in [0.05, 0.1) is 30.5 Å². The minimum absolute atomic E-state index is 0.00255. The summed E-state index contributed by atoms with van der Waals surface area (Å²) >= 11 is 0. The summed E-state index contributed by atoms with van der Waals surface area (Å²) < 4.78 is 38.6. The highest BCUT2D eigenvalue weighted by molar-refractivity contribution is 4.91. The highest BCUT2D eigenvalue weighted by atomic mass is 16.7. The van der Waals surface area contributed by atoms with Crippen molar-refractivity contribution in [2.45, 2.75) is 138 Å². The summed E-state index contributed by atoms with van der Waals surface area (Å²) in [6, 6.07) is 0. The first-order valence-corrected chi connectivity index (χ1v) is 14.4. The molecule has 0 saturated carbocycles. The zero-order valence-corrected chi connectivity index (χ0v) is 24.2. The number of hydrogen-bond donors (Lipinski definition) is 0. The minimum Gasteiger partial charge on any atom is -0.356 e. The number of hydrogen-bond acceptors (Lipinski definition) is 6. The Kier molecular flexibility index (Phi) is 10.5. The maximum atomic E-state index is 6.78. The van der Waals surface area contributed by atoms with Crippen LogP contribution >= 0.6 is 0 Å². The van der Waals surface area contributed by atoms with Gasteiger partial charge in [0.25, 0.3) is 0 Å². The van der Waals surface area contributed by atoms with E-state index in [0.29, 0.717) is 23.7 Å². The van der Waals surface area contributed by atoms with Crippen molar-refractivity contribution in [2.75, 3.05) is 7.11 Å². The van der Waals surface area contributed by atoms with Gasteiger partial charge in [-0.1, -0.05) is 69.2 Å². The van der Waals surface area contributed by atoms with Gasteiger partial charge in [-0.2, -0.15) is 0 Å². The Morgan fingerprint density at radius 3 is 1.26 bits per heavy atom. The maximum Gasteiger partial charge on any atom is 0.161 e. The van der Waals surface area contributed by atoms with E-state index in [9.17, 15) is 0 Å². The Morgan fingerprint density at radius 2 is 0.829 bits per heavy atom. The van der Waals surface area contributed by atoms with Gasteiger partial charge >= 0.3 is 0 Å². The van der Waals surface area contributed by atoms with Gasteiger partial charge in [-0.3, -0.25) is 0 Å². The van der Waals surface area contributed by atoms with Gasteiger partial charge in [-0.25, -0.2) is 0 Å². The molecule has 0 aromatic carbocycles. The molecule has 3 aliphatic heterocycles. The smallest absolute Gasteiger partial charge is 0.161 e. The summed E-state index contributed by atoms with van der Waals surface area (Å²) in [6.45, 7) is 22.4. The van der Waals surface area contributed by atoms with Crippen LogP contribution in [0.15, 0.2) is 0 Å². The lowest BCUT2D eigenvalue weighted by Crippen LogP contribution is -2.57. The monoisotopic (exact) mass is 498 g/mol. The molecular weight excluding hydrogens is 444 g/mol. The molecule has 0 bridgehead atoms. The lowest BCUT2D eigenvalue weighted by atomic mass is 9.78. The first kappa shape index (κ1) is 29.3. The summed E-state index contributed by atoms with van der Waals surface area (Å²) in [6.07, 6.45) is 2.30. The summed E-state index contributed by atoms with van der Waals surface area (Å²) in [5.41, 5.74) is 0. The molecule has 0 aromatic rings. The van der Waals surface area contributed by atoms with E-state index in [4.69, 9.17) is 28.4 Å². The van der Waals surface area contributed by atoms with Crippen molar-refractivity contribution in [3.63, 3.8) is 0 Å². The summed E-state index contributed by atoms with van der Waals surface area (Å²) in [5, 5.41) is 0. The van der Waals surface area contributed by atoms with Gasteiger partial charge in [0.1, 0.15) is 0 Å². The second-order valence-corrected chi connectivity index (χ2v) is 11.8. The van der Waals surface area contributed by atoms with Crippen LogP contribution in [0.5, 0.6) is 0 Å². The van der Waals surface area contributed by atoms with Crippen molar-refractivity contribution in [3.05, 3.63) is 0 Å². The van der Waals surface area contributed by atoms with E-state index < -0.39 is 0 Å².